The molecule has 28 heavy (non-hydrogen) atoms. The van der Waals surface area contributed by atoms with E-state index in [9.17, 15) is 14.0 Å². The number of carbonyl (C=O) groups is 2. The zero-order chi connectivity index (χ0) is 20.3. The van der Waals surface area contributed by atoms with E-state index in [-0.39, 0.29) is 22.8 Å². The van der Waals surface area contributed by atoms with Crippen LogP contribution in [0.1, 0.15) is 37.4 Å². The van der Waals surface area contributed by atoms with E-state index in [2.05, 4.69) is 27.9 Å². The van der Waals surface area contributed by atoms with Crippen LogP contribution in [0, 0.1) is 5.82 Å². The minimum atomic E-state index is -1.06. The number of rotatable bonds is 5. The number of thiol groups is 1. The van der Waals surface area contributed by atoms with E-state index in [0.29, 0.717) is 11.3 Å². The van der Waals surface area contributed by atoms with Crippen LogP contribution in [0.4, 0.5) is 15.9 Å². The van der Waals surface area contributed by atoms with Gasteiger partial charge in [-0.2, -0.15) is 12.6 Å². The van der Waals surface area contributed by atoms with Gasteiger partial charge in [-0.1, -0.05) is 12.1 Å². The molecule has 0 aliphatic rings. The maximum absolute atomic E-state index is 12.9. The summed E-state index contributed by atoms with van der Waals surface area (Å²) in [6.07, 6.45) is 1.26. The number of halogens is 1. The minimum absolute atomic E-state index is 0.0490. The second-order valence-electron chi connectivity index (χ2n) is 5.82. The summed E-state index contributed by atoms with van der Waals surface area (Å²) in [6, 6.07) is 11.5. The SMILES string of the molecule is Nc1nc(C(S)c2cccc(C(=O)O)c2)ncc1C(=O)Nc1ccc(F)cc1. The number of aromatic nitrogens is 2. The summed E-state index contributed by atoms with van der Waals surface area (Å²) in [7, 11) is 0. The van der Waals surface area contributed by atoms with Gasteiger partial charge in [0.15, 0.2) is 0 Å². The van der Waals surface area contributed by atoms with Crippen molar-refractivity contribution in [2.45, 2.75) is 5.25 Å². The Kier molecular flexibility index (Phi) is 5.55. The van der Waals surface area contributed by atoms with Crippen molar-refractivity contribution in [1.29, 1.82) is 0 Å². The minimum Gasteiger partial charge on any atom is -0.478 e. The molecule has 0 radical (unpaired) electrons. The van der Waals surface area contributed by atoms with E-state index in [1.807, 2.05) is 0 Å². The summed E-state index contributed by atoms with van der Waals surface area (Å²) in [6.45, 7) is 0. The normalized spacial score (nSPS) is 11.6. The van der Waals surface area contributed by atoms with Crippen molar-refractivity contribution >= 4 is 36.0 Å². The Hall–Kier alpha value is -3.46. The fourth-order valence-electron chi connectivity index (χ4n) is 2.44. The molecule has 1 heterocycles. The molecule has 1 aromatic heterocycles. The summed E-state index contributed by atoms with van der Waals surface area (Å²) < 4.78 is 12.9. The van der Waals surface area contributed by atoms with Crippen LogP contribution in [-0.4, -0.2) is 27.0 Å². The van der Waals surface area contributed by atoms with Crippen molar-refractivity contribution in [3.8, 4) is 0 Å². The highest BCUT2D eigenvalue weighted by molar-refractivity contribution is 7.80. The Balaban J connectivity index is 1.81. The van der Waals surface area contributed by atoms with Crippen LogP contribution in [0.5, 0.6) is 0 Å². The fourth-order valence-corrected chi connectivity index (χ4v) is 2.72. The number of anilines is 2. The van der Waals surface area contributed by atoms with Gasteiger partial charge in [0.1, 0.15) is 23.0 Å². The lowest BCUT2D eigenvalue weighted by Crippen LogP contribution is -2.17. The van der Waals surface area contributed by atoms with Gasteiger partial charge in [-0.05, 0) is 42.0 Å². The van der Waals surface area contributed by atoms with Gasteiger partial charge < -0.3 is 16.2 Å². The third kappa shape index (κ3) is 4.26. The number of hydrogen-bond acceptors (Lipinski definition) is 6. The third-order valence-corrected chi connectivity index (χ3v) is 4.41. The van der Waals surface area contributed by atoms with Crippen LogP contribution >= 0.6 is 12.6 Å². The summed E-state index contributed by atoms with van der Waals surface area (Å²) in [5.74, 6) is -1.85. The molecule has 9 heteroatoms. The lowest BCUT2D eigenvalue weighted by atomic mass is 10.1. The lowest BCUT2D eigenvalue weighted by molar-refractivity contribution is 0.0696. The molecule has 0 aliphatic carbocycles. The van der Waals surface area contributed by atoms with Gasteiger partial charge in [0, 0.05) is 11.9 Å². The maximum atomic E-state index is 12.9. The van der Waals surface area contributed by atoms with Crippen molar-refractivity contribution in [3.63, 3.8) is 0 Å². The number of hydrogen-bond donors (Lipinski definition) is 4. The van der Waals surface area contributed by atoms with Gasteiger partial charge in [0.25, 0.3) is 5.91 Å². The second-order valence-corrected chi connectivity index (χ2v) is 6.34. The number of benzene rings is 2. The standard InChI is InChI=1S/C19H15FN4O3S/c20-12-4-6-13(7-5-12)23-18(25)14-9-22-17(24-16(14)21)15(28)10-2-1-3-11(8-10)19(26)27/h1-9,15,28H,(H,23,25)(H,26,27)(H2,21,22,24). The third-order valence-electron chi connectivity index (χ3n) is 3.88. The predicted molar refractivity (Wildman–Crippen MR) is 105 cm³/mol. The highest BCUT2D eigenvalue weighted by Crippen LogP contribution is 2.27. The van der Waals surface area contributed by atoms with E-state index in [1.165, 1.54) is 42.6 Å². The van der Waals surface area contributed by atoms with E-state index in [4.69, 9.17) is 10.8 Å². The second kappa shape index (κ2) is 8.05. The number of nitrogens with zero attached hydrogens (tertiary/aromatic N) is 2. The molecule has 7 nitrogen and oxygen atoms in total. The molecule has 0 fully saturated rings. The number of carboxylic acid groups (broad SMARTS) is 1. The molecule has 3 rings (SSSR count). The summed E-state index contributed by atoms with van der Waals surface area (Å²) in [4.78, 5) is 31.7. The topological polar surface area (TPSA) is 118 Å². The number of nitrogens with one attached hydrogen (secondary N) is 1. The Bertz CT molecular complexity index is 1040. The van der Waals surface area contributed by atoms with Crippen molar-refractivity contribution in [2.75, 3.05) is 11.1 Å². The molecule has 1 unspecified atom stereocenters. The van der Waals surface area contributed by atoms with Gasteiger partial charge in [-0.3, -0.25) is 4.79 Å². The van der Waals surface area contributed by atoms with E-state index in [0.717, 1.165) is 0 Å². The van der Waals surface area contributed by atoms with Crippen LogP contribution in [0.3, 0.4) is 0 Å². The smallest absolute Gasteiger partial charge is 0.335 e. The largest absolute Gasteiger partial charge is 0.478 e. The van der Waals surface area contributed by atoms with E-state index in [1.54, 1.807) is 12.1 Å². The van der Waals surface area contributed by atoms with Gasteiger partial charge in [-0.25, -0.2) is 19.2 Å². The number of carbonyl (C=O) groups excluding carboxylic acids is 1. The van der Waals surface area contributed by atoms with Crippen LogP contribution < -0.4 is 11.1 Å². The average molecular weight is 398 g/mol. The summed E-state index contributed by atoms with van der Waals surface area (Å²) in [5, 5.41) is 11.0. The highest BCUT2D eigenvalue weighted by Gasteiger charge is 2.18. The number of amides is 1. The molecule has 0 aliphatic heterocycles. The molecule has 1 amide bonds. The quantitative estimate of drug-likeness (QED) is 0.490. The van der Waals surface area contributed by atoms with Crippen LogP contribution in [0.25, 0.3) is 0 Å². The number of aromatic carboxylic acids is 1. The molecule has 4 N–H and O–H groups in total. The maximum Gasteiger partial charge on any atom is 0.335 e. The van der Waals surface area contributed by atoms with Gasteiger partial charge in [0.2, 0.25) is 0 Å². The molecule has 0 bridgehead atoms. The first-order valence-corrected chi connectivity index (χ1v) is 8.57. The van der Waals surface area contributed by atoms with Crippen molar-refractivity contribution in [2.24, 2.45) is 0 Å². The number of carboxylic acids is 1. The highest BCUT2D eigenvalue weighted by atomic mass is 32.1. The Morgan fingerprint density at radius 3 is 2.54 bits per heavy atom. The zero-order valence-electron chi connectivity index (χ0n) is 14.3. The van der Waals surface area contributed by atoms with Gasteiger partial charge >= 0.3 is 5.97 Å². The molecular formula is C19H15FN4O3S. The monoisotopic (exact) mass is 398 g/mol. The van der Waals surface area contributed by atoms with Crippen LogP contribution in [0.2, 0.25) is 0 Å². The van der Waals surface area contributed by atoms with Crippen molar-refractivity contribution in [3.05, 3.63) is 83.1 Å². The van der Waals surface area contributed by atoms with E-state index < -0.39 is 22.9 Å². The number of nitrogens with two attached hydrogens (primary N) is 1. The first kappa shape index (κ1) is 19.3. The molecule has 3 aromatic rings. The zero-order valence-corrected chi connectivity index (χ0v) is 15.2. The first-order chi connectivity index (χ1) is 13.3. The van der Waals surface area contributed by atoms with Gasteiger partial charge in [0.05, 0.1) is 10.8 Å². The molecule has 2 aromatic carbocycles. The van der Waals surface area contributed by atoms with E-state index >= 15 is 0 Å². The lowest BCUT2D eigenvalue weighted by Gasteiger charge is -2.13. The fraction of sp³-hybridized carbons (Fsp3) is 0.0526. The first-order valence-electron chi connectivity index (χ1n) is 8.06. The predicted octanol–water partition coefficient (Wildman–Crippen LogP) is 3.17. The molecule has 1 atom stereocenters. The van der Waals surface area contributed by atoms with Crippen LogP contribution in [0.15, 0.2) is 54.7 Å². The number of nitrogen functional groups attached to an aromatic ring is 1. The Morgan fingerprint density at radius 1 is 1.18 bits per heavy atom. The Labute approximate surface area is 164 Å². The molecule has 0 saturated carbocycles. The van der Waals surface area contributed by atoms with Crippen LogP contribution in [-0.2, 0) is 0 Å². The van der Waals surface area contributed by atoms with Crippen molar-refractivity contribution in [1.82, 2.24) is 9.97 Å². The molecular weight excluding hydrogens is 383 g/mol. The summed E-state index contributed by atoms with van der Waals surface area (Å²) >= 11 is 4.44. The average Bonchev–Trinajstić information content (AvgIpc) is 2.69. The van der Waals surface area contributed by atoms with Crippen molar-refractivity contribution < 1.29 is 19.1 Å². The molecule has 0 spiro atoms. The molecule has 142 valence electrons. The Morgan fingerprint density at radius 2 is 1.89 bits per heavy atom. The summed E-state index contributed by atoms with van der Waals surface area (Å²) in [5.41, 5.74) is 7.02. The molecule has 0 saturated heterocycles. The van der Waals surface area contributed by atoms with Gasteiger partial charge in [-0.15, -0.1) is 0 Å².